The van der Waals surface area contributed by atoms with E-state index in [0.29, 0.717) is 19.6 Å². The van der Waals surface area contributed by atoms with E-state index in [9.17, 15) is 4.79 Å². The van der Waals surface area contributed by atoms with Gasteiger partial charge in [0, 0.05) is 0 Å². The van der Waals surface area contributed by atoms with Crippen LogP contribution in [0.5, 0.6) is 0 Å². The fourth-order valence-corrected chi connectivity index (χ4v) is 1.56. The van der Waals surface area contributed by atoms with Crippen LogP contribution in [-0.2, 0) is 20.9 Å². The van der Waals surface area contributed by atoms with Gasteiger partial charge in [0.1, 0.15) is 0 Å². The topological polar surface area (TPSA) is 35.5 Å². The van der Waals surface area contributed by atoms with Crippen LogP contribution in [0.15, 0.2) is 30.3 Å². The molecule has 3 nitrogen and oxygen atoms in total. The highest BCUT2D eigenvalue weighted by Gasteiger charge is 2.12. The molecule has 1 rings (SSSR count). The molecule has 0 spiro atoms. The van der Waals surface area contributed by atoms with Gasteiger partial charge in [-0.05, 0) is 11.5 Å². The minimum atomic E-state index is -0.167. The summed E-state index contributed by atoms with van der Waals surface area (Å²) >= 11 is 0. The molecule has 1 atom stereocenters. The monoisotopic (exact) mass is 236 g/mol. The maximum atomic E-state index is 11.1. The normalized spacial score (nSPS) is 12.1. The van der Waals surface area contributed by atoms with Crippen molar-refractivity contribution in [2.45, 2.75) is 26.4 Å². The van der Waals surface area contributed by atoms with Gasteiger partial charge in [-0.15, -0.1) is 0 Å². The van der Waals surface area contributed by atoms with Crippen molar-refractivity contribution in [3.8, 4) is 0 Å². The molecule has 94 valence electrons. The Balaban J connectivity index is 2.26. The first kappa shape index (κ1) is 13.7. The maximum Gasteiger partial charge on any atom is 0.305 e. The van der Waals surface area contributed by atoms with Crippen LogP contribution in [0.3, 0.4) is 0 Å². The molecule has 1 aromatic carbocycles. The van der Waals surface area contributed by atoms with Gasteiger partial charge in [0.05, 0.1) is 26.7 Å². The lowest BCUT2D eigenvalue weighted by Crippen LogP contribution is -2.14. The summed E-state index contributed by atoms with van der Waals surface area (Å²) in [5, 5.41) is 0. The Morgan fingerprint density at radius 1 is 1.29 bits per heavy atom. The van der Waals surface area contributed by atoms with Gasteiger partial charge in [-0.25, -0.2) is 0 Å². The van der Waals surface area contributed by atoms with Gasteiger partial charge < -0.3 is 9.47 Å². The summed E-state index contributed by atoms with van der Waals surface area (Å²) in [5.74, 6) is 0.0753. The first-order valence-electron chi connectivity index (χ1n) is 5.94. The Kier molecular flexibility index (Phi) is 6.33. The Morgan fingerprint density at radius 2 is 2.00 bits per heavy atom. The van der Waals surface area contributed by atoms with Gasteiger partial charge in [0.2, 0.25) is 0 Å². The fraction of sp³-hybridized carbons (Fsp3) is 0.500. The average Bonchev–Trinajstić information content (AvgIpc) is 2.38. The summed E-state index contributed by atoms with van der Waals surface area (Å²) in [4.78, 5) is 11.1. The molecule has 3 heteroatoms. The Morgan fingerprint density at radius 3 is 2.59 bits per heavy atom. The smallest absolute Gasteiger partial charge is 0.305 e. The first-order valence-corrected chi connectivity index (χ1v) is 5.94. The Bertz CT molecular complexity index is 321. The van der Waals surface area contributed by atoms with Crippen molar-refractivity contribution in [3.05, 3.63) is 35.9 Å². The summed E-state index contributed by atoms with van der Waals surface area (Å²) in [7, 11) is 1.42. The SMILES string of the molecule is CC[C@H](COCc1ccccc1)CC(=O)OC. The Hall–Kier alpha value is -1.35. The molecular formula is C14H20O3. The van der Waals surface area contributed by atoms with E-state index in [1.165, 1.54) is 7.11 Å². The van der Waals surface area contributed by atoms with E-state index < -0.39 is 0 Å². The van der Waals surface area contributed by atoms with Crippen molar-refractivity contribution in [3.63, 3.8) is 0 Å². The van der Waals surface area contributed by atoms with Crippen LogP contribution in [-0.4, -0.2) is 19.7 Å². The standard InChI is InChI=1S/C14H20O3/c1-3-12(9-14(15)16-2)10-17-11-13-7-5-4-6-8-13/h4-8,12H,3,9-11H2,1-2H3/t12-/m0/s1. The molecule has 0 fully saturated rings. The molecule has 0 saturated heterocycles. The van der Waals surface area contributed by atoms with Gasteiger partial charge in [-0.1, -0.05) is 43.7 Å². The van der Waals surface area contributed by atoms with E-state index in [-0.39, 0.29) is 11.9 Å². The van der Waals surface area contributed by atoms with Crippen LogP contribution in [0.25, 0.3) is 0 Å². The van der Waals surface area contributed by atoms with Crippen LogP contribution in [0.2, 0.25) is 0 Å². The van der Waals surface area contributed by atoms with E-state index in [4.69, 9.17) is 4.74 Å². The zero-order valence-electron chi connectivity index (χ0n) is 10.5. The summed E-state index contributed by atoms with van der Waals surface area (Å²) in [6.45, 7) is 3.25. The van der Waals surface area contributed by atoms with E-state index in [2.05, 4.69) is 11.7 Å². The molecule has 0 bridgehead atoms. The van der Waals surface area contributed by atoms with Gasteiger partial charge in [0.15, 0.2) is 0 Å². The molecule has 0 aromatic heterocycles. The number of ether oxygens (including phenoxy) is 2. The largest absolute Gasteiger partial charge is 0.469 e. The number of esters is 1. The molecule has 0 heterocycles. The van der Waals surface area contributed by atoms with Gasteiger partial charge in [-0.3, -0.25) is 4.79 Å². The van der Waals surface area contributed by atoms with E-state index in [0.717, 1.165) is 12.0 Å². The van der Waals surface area contributed by atoms with Crippen LogP contribution in [0.1, 0.15) is 25.3 Å². The number of carbonyl (C=O) groups is 1. The quantitative estimate of drug-likeness (QED) is 0.683. The molecule has 1 aromatic rings. The van der Waals surface area contributed by atoms with Gasteiger partial charge in [0.25, 0.3) is 0 Å². The first-order chi connectivity index (χ1) is 8.26. The van der Waals surface area contributed by atoms with Crippen LogP contribution in [0.4, 0.5) is 0 Å². The highest BCUT2D eigenvalue weighted by molar-refractivity contribution is 5.69. The summed E-state index contributed by atoms with van der Waals surface area (Å²) in [5.41, 5.74) is 1.15. The second-order valence-electron chi connectivity index (χ2n) is 4.06. The number of rotatable bonds is 7. The van der Waals surface area contributed by atoms with Crippen molar-refractivity contribution in [2.24, 2.45) is 5.92 Å². The van der Waals surface area contributed by atoms with Crippen LogP contribution in [0, 0.1) is 5.92 Å². The zero-order valence-corrected chi connectivity index (χ0v) is 10.5. The van der Waals surface area contributed by atoms with E-state index in [1.807, 2.05) is 30.3 Å². The number of benzene rings is 1. The van der Waals surface area contributed by atoms with Crippen LogP contribution < -0.4 is 0 Å². The lowest BCUT2D eigenvalue weighted by Gasteiger charge is -2.13. The summed E-state index contributed by atoms with van der Waals surface area (Å²) in [6, 6.07) is 10.0. The van der Waals surface area contributed by atoms with Crippen molar-refractivity contribution in [1.29, 1.82) is 0 Å². The lowest BCUT2D eigenvalue weighted by molar-refractivity contribution is -0.142. The molecule has 0 unspecified atom stereocenters. The molecule has 0 N–H and O–H groups in total. The second kappa shape index (κ2) is 7.85. The zero-order chi connectivity index (χ0) is 12.5. The average molecular weight is 236 g/mol. The molecule has 0 saturated carbocycles. The van der Waals surface area contributed by atoms with E-state index >= 15 is 0 Å². The molecule has 0 radical (unpaired) electrons. The summed E-state index contributed by atoms with van der Waals surface area (Å²) in [6.07, 6.45) is 1.35. The minimum Gasteiger partial charge on any atom is -0.469 e. The third-order valence-corrected chi connectivity index (χ3v) is 2.73. The van der Waals surface area contributed by atoms with Gasteiger partial charge >= 0.3 is 5.97 Å². The van der Waals surface area contributed by atoms with Crippen molar-refractivity contribution < 1.29 is 14.3 Å². The predicted octanol–water partition coefficient (Wildman–Crippen LogP) is 2.79. The number of hydrogen-bond acceptors (Lipinski definition) is 3. The number of methoxy groups -OCH3 is 1. The molecule has 0 amide bonds. The number of hydrogen-bond donors (Lipinski definition) is 0. The lowest BCUT2D eigenvalue weighted by atomic mass is 10.0. The van der Waals surface area contributed by atoms with Crippen molar-refractivity contribution in [2.75, 3.05) is 13.7 Å². The fourth-order valence-electron chi connectivity index (χ4n) is 1.56. The highest BCUT2D eigenvalue weighted by atomic mass is 16.5. The van der Waals surface area contributed by atoms with Gasteiger partial charge in [-0.2, -0.15) is 0 Å². The molecule has 0 aliphatic carbocycles. The third kappa shape index (κ3) is 5.50. The molecule has 0 aliphatic rings. The van der Waals surface area contributed by atoms with Crippen molar-refractivity contribution >= 4 is 5.97 Å². The second-order valence-corrected chi connectivity index (χ2v) is 4.06. The number of carbonyl (C=O) groups excluding carboxylic acids is 1. The maximum absolute atomic E-state index is 11.1. The van der Waals surface area contributed by atoms with Crippen LogP contribution >= 0.6 is 0 Å². The minimum absolute atomic E-state index is 0.167. The van der Waals surface area contributed by atoms with Crippen molar-refractivity contribution in [1.82, 2.24) is 0 Å². The third-order valence-electron chi connectivity index (χ3n) is 2.73. The Labute approximate surface area is 103 Å². The molecular weight excluding hydrogens is 216 g/mol. The van der Waals surface area contributed by atoms with E-state index in [1.54, 1.807) is 0 Å². The predicted molar refractivity (Wildman–Crippen MR) is 66.5 cm³/mol. The molecule has 17 heavy (non-hydrogen) atoms. The molecule has 0 aliphatic heterocycles. The summed E-state index contributed by atoms with van der Waals surface area (Å²) < 4.78 is 10.3. The highest BCUT2D eigenvalue weighted by Crippen LogP contribution is 2.11.